The van der Waals surface area contributed by atoms with E-state index < -0.39 is 6.04 Å². The number of hydrogen-bond donors (Lipinski definition) is 0. The van der Waals surface area contributed by atoms with Gasteiger partial charge < -0.3 is 9.80 Å². The van der Waals surface area contributed by atoms with Crippen LogP contribution in [0, 0.1) is 19.3 Å². The van der Waals surface area contributed by atoms with Gasteiger partial charge in [-0.05, 0) is 110 Å². The van der Waals surface area contributed by atoms with E-state index in [1.54, 1.807) is 4.68 Å². The van der Waals surface area contributed by atoms with Gasteiger partial charge in [-0.25, -0.2) is 15.0 Å². The monoisotopic (exact) mass is 725 g/mol. The van der Waals surface area contributed by atoms with E-state index in [1.165, 1.54) is 6.92 Å². The molecule has 0 radical (unpaired) electrons. The SMILES string of the molecule is CC(=O)c1nn2c3c(cc(-c4cnc(C)nc4)cc13)CCCCCCCN(C)C[C@@]13C[C@@H](C(=O)Cc4nc(Br)ccc4C)N(C(=O)C2)[C@@H]1C3. The van der Waals surface area contributed by atoms with Gasteiger partial charge in [0.05, 0.1) is 23.7 Å². The fourth-order valence-electron chi connectivity index (χ4n) is 8.23. The molecule has 0 N–H and O–H groups in total. The van der Waals surface area contributed by atoms with Crippen LogP contribution in [0.3, 0.4) is 0 Å². The number of nitrogens with zero attached hydrogens (tertiary/aromatic N) is 7. The van der Waals surface area contributed by atoms with Gasteiger partial charge >= 0.3 is 0 Å². The number of Topliss-reactive ketones (excluding diaryl/α,β-unsaturated/α-hetero) is 2. The Morgan fingerprint density at radius 2 is 1.76 bits per heavy atom. The molecule has 1 saturated carbocycles. The number of hydrogen-bond acceptors (Lipinski definition) is 8. The molecule has 49 heavy (non-hydrogen) atoms. The predicted octanol–water partition coefficient (Wildman–Crippen LogP) is 6.08. The van der Waals surface area contributed by atoms with E-state index in [1.807, 2.05) is 49.3 Å². The highest BCUT2D eigenvalue weighted by molar-refractivity contribution is 9.10. The maximum absolute atomic E-state index is 14.5. The molecule has 1 saturated heterocycles. The minimum atomic E-state index is -0.527. The Labute approximate surface area is 295 Å². The zero-order valence-corrected chi connectivity index (χ0v) is 30.4. The minimum Gasteiger partial charge on any atom is -0.327 e. The van der Waals surface area contributed by atoms with Crippen molar-refractivity contribution in [2.45, 2.75) is 97.2 Å². The minimum absolute atomic E-state index is 0.00497. The van der Waals surface area contributed by atoms with Crippen LogP contribution in [-0.2, 0) is 29.0 Å². The van der Waals surface area contributed by atoms with Crippen LogP contribution in [0.1, 0.15) is 85.0 Å². The summed E-state index contributed by atoms with van der Waals surface area (Å²) < 4.78 is 2.42. The Kier molecular flexibility index (Phi) is 9.25. The number of pyridine rings is 1. The molecule has 0 unspecified atom stereocenters. The standard InChI is InChI=1S/C38H44BrN7O3/c1-23-11-12-34(39)42-30(23)16-32(48)31-17-38-18-33(38)46(31)35(49)21-45-37-26(10-8-6-5-7-9-13-44(4)22-38)14-27(28-19-40-25(3)41-20-28)15-29(37)36(43-45)24(2)47/h11-12,14-15,19-20,31,33H,5-10,13,16-18,21-22H2,1-4H3/t31-,33+,38-/m0/s1. The van der Waals surface area contributed by atoms with Crippen LogP contribution < -0.4 is 0 Å². The molecule has 1 aromatic carbocycles. The van der Waals surface area contributed by atoms with Crippen molar-refractivity contribution in [3.63, 3.8) is 0 Å². The van der Waals surface area contributed by atoms with Gasteiger partial charge in [0.2, 0.25) is 5.91 Å². The molecular weight excluding hydrogens is 682 g/mol. The van der Waals surface area contributed by atoms with Crippen LogP contribution in [0.5, 0.6) is 0 Å². The van der Waals surface area contributed by atoms with Gasteiger partial charge in [0.1, 0.15) is 22.7 Å². The summed E-state index contributed by atoms with van der Waals surface area (Å²) in [6, 6.07) is 7.45. The molecule has 1 amide bonds. The van der Waals surface area contributed by atoms with Crippen LogP contribution in [0.2, 0.25) is 0 Å². The van der Waals surface area contributed by atoms with Crippen molar-refractivity contribution in [3.05, 3.63) is 69.6 Å². The molecule has 256 valence electrons. The molecule has 11 heteroatoms. The fraction of sp³-hybridized carbons (Fsp3) is 0.500. The van der Waals surface area contributed by atoms with Crippen LogP contribution in [0.25, 0.3) is 22.0 Å². The quantitative estimate of drug-likeness (QED) is 0.180. The Hall–Kier alpha value is -3.83. The molecule has 10 nitrogen and oxygen atoms in total. The third-order valence-electron chi connectivity index (χ3n) is 10.8. The first-order valence-electron chi connectivity index (χ1n) is 17.5. The van der Waals surface area contributed by atoms with Crippen LogP contribution in [0.4, 0.5) is 0 Å². The van der Waals surface area contributed by atoms with E-state index in [0.29, 0.717) is 22.5 Å². The average Bonchev–Trinajstić information content (AvgIpc) is 3.45. The summed E-state index contributed by atoms with van der Waals surface area (Å²) in [5.74, 6) is 0.426. The van der Waals surface area contributed by atoms with Crippen LogP contribution >= 0.6 is 15.9 Å². The summed E-state index contributed by atoms with van der Waals surface area (Å²) in [5.41, 5.74) is 5.61. The van der Waals surface area contributed by atoms with E-state index in [9.17, 15) is 14.4 Å². The summed E-state index contributed by atoms with van der Waals surface area (Å²) in [6.07, 6.45) is 11.7. The highest BCUT2D eigenvalue weighted by Crippen LogP contribution is 2.60. The van der Waals surface area contributed by atoms with Crippen molar-refractivity contribution >= 4 is 44.3 Å². The second-order valence-corrected chi connectivity index (χ2v) is 15.3. The Bertz CT molecular complexity index is 1940. The number of aromatic nitrogens is 5. The Balaban J connectivity index is 1.29. The lowest BCUT2D eigenvalue weighted by molar-refractivity contribution is -0.139. The smallest absolute Gasteiger partial charge is 0.245 e. The maximum atomic E-state index is 14.5. The number of ketones is 2. The third-order valence-corrected chi connectivity index (χ3v) is 11.3. The molecular formula is C38H44BrN7O3. The van der Waals surface area contributed by atoms with E-state index >= 15 is 0 Å². The van der Waals surface area contributed by atoms with Crippen molar-refractivity contribution in [2.75, 3.05) is 20.1 Å². The summed E-state index contributed by atoms with van der Waals surface area (Å²) in [4.78, 5) is 59.4. The molecule has 3 aromatic heterocycles. The number of benzene rings is 1. The molecule has 7 rings (SSSR count). The lowest BCUT2D eigenvalue weighted by atomic mass is 9.94. The summed E-state index contributed by atoms with van der Waals surface area (Å²) in [7, 11) is 2.17. The average molecular weight is 727 g/mol. The highest BCUT2D eigenvalue weighted by atomic mass is 79.9. The maximum Gasteiger partial charge on any atom is 0.245 e. The molecule has 2 aliphatic heterocycles. The van der Waals surface area contributed by atoms with Crippen molar-refractivity contribution < 1.29 is 14.4 Å². The second-order valence-electron chi connectivity index (χ2n) is 14.5. The number of carbonyl (C=O) groups is 3. The van der Waals surface area contributed by atoms with E-state index in [4.69, 9.17) is 5.10 Å². The number of aryl methyl sites for hydroxylation is 3. The summed E-state index contributed by atoms with van der Waals surface area (Å²) >= 11 is 3.46. The first kappa shape index (κ1) is 33.7. The lowest BCUT2D eigenvalue weighted by Crippen LogP contribution is -2.45. The van der Waals surface area contributed by atoms with Gasteiger partial charge in [-0.3, -0.25) is 19.1 Å². The number of halogens is 1. The zero-order valence-electron chi connectivity index (χ0n) is 28.8. The first-order valence-corrected chi connectivity index (χ1v) is 18.3. The Morgan fingerprint density at radius 1 is 1.00 bits per heavy atom. The van der Waals surface area contributed by atoms with Gasteiger partial charge in [0, 0.05) is 48.3 Å². The molecule has 1 aliphatic carbocycles. The van der Waals surface area contributed by atoms with Gasteiger partial charge in [0.25, 0.3) is 0 Å². The molecule has 2 fully saturated rings. The molecule has 2 bridgehead atoms. The van der Waals surface area contributed by atoms with E-state index in [0.717, 1.165) is 96.9 Å². The largest absolute Gasteiger partial charge is 0.327 e. The molecule has 3 aliphatic rings. The summed E-state index contributed by atoms with van der Waals surface area (Å²) in [6.45, 7) is 7.18. The van der Waals surface area contributed by atoms with Gasteiger partial charge in [-0.1, -0.05) is 25.3 Å². The van der Waals surface area contributed by atoms with Crippen molar-refractivity contribution in [2.24, 2.45) is 5.41 Å². The number of carbonyl (C=O) groups excluding carboxylic acids is 3. The number of piperidine rings is 1. The molecule has 5 heterocycles. The molecule has 4 aromatic rings. The fourth-order valence-corrected chi connectivity index (χ4v) is 8.57. The molecule has 3 atom stereocenters. The highest BCUT2D eigenvalue weighted by Gasteiger charge is 2.67. The number of rotatable bonds is 5. The lowest BCUT2D eigenvalue weighted by Gasteiger charge is -2.27. The third kappa shape index (κ3) is 6.71. The van der Waals surface area contributed by atoms with E-state index in [-0.39, 0.29) is 41.9 Å². The van der Waals surface area contributed by atoms with Gasteiger partial charge in [-0.2, -0.15) is 5.10 Å². The zero-order chi connectivity index (χ0) is 34.4. The van der Waals surface area contributed by atoms with Crippen molar-refractivity contribution in [1.29, 1.82) is 0 Å². The topological polar surface area (TPSA) is 114 Å². The van der Waals surface area contributed by atoms with Crippen molar-refractivity contribution in [1.82, 2.24) is 34.5 Å². The predicted molar refractivity (Wildman–Crippen MR) is 191 cm³/mol. The van der Waals surface area contributed by atoms with Crippen LogP contribution in [0.15, 0.2) is 41.3 Å². The van der Waals surface area contributed by atoms with Crippen LogP contribution in [-0.4, -0.2) is 84.2 Å². The van der Waals surface area contributed by atoms with Gasteiger partial charge in [-0.15, -0.1) is 0 Å². The number of amides is 1. The second kappa shape index (κ2) is 13.5. The van der Waals surface area contributed by atoms with Gasteiger partial charge in [0.15, 0.2) is 11.6 Å². The first-order chi connectivity index (χ1) is 23.5. The normalized spacial score (nSPS) is 23.4. The van der Waals surface area contributed by atoms with E-state index in [2.05, 4.69) is 48.9 Å². The van der Waals surface area contributed by atoms with Crippen molar-refractivity contribution in [3.8, 4) is 11.1 Å². The molecule has 0 spiro atoms. The Morgan fingerprint density at radius 3 is 2.53 bits per heavy atom. The summed E-state index contributed by atoms with van der Waals surface area (Å²) in [5, 5.41) is 5.54.